The lowest BCUT2D eigenvalue weighted by molar-refractivity contribution is -0.215. The van der Waals surface area contributed by atoms with Crippen molar-refractivity contribution in [1.29, 1.82) is 0 Å². The molecule has 0 aliphatic heterocycles. The molecule has 0 bridgehead atoms. The lowest BCUT2D eigenvalue weighted by Gasteiger charge is -2.19. The zero-order chi connectivity index (χ0) is 18.5. The number of rotatable bonds is 4. The second-order valence-electron chi connectivity index (χ2n) is 5.32. The number of nitrogens with zero attached hydrogens (tertiary/aromatic N) is 2. The standard InChI is InChI=1S/C12H12F8N2O2/c1-24-6(11(15,16)17)2-3-22-5-4-10(13,14)9(23)7(5)8(21-22)12(18,19)20/h6,9,23H,2-4H2,1H3/t6-,9+/m1/s1. The van der Waals surface area contributed by atoms with Gasteiger partial charge in [0.2, 0.25) is 0 Å². The van der Waals surface area contributed by atoms with E-state index in [1.54, 1.807) is 0 Å². The van der Waals surface area contributed by atoms with E-state index >= 15 is 0 Å². The lowest BCUT2D eigenvalue weighted by Crippen LogP contribution is -2.32. The Hall–Kier alpha value is -1.43. The number of aliphatic hydroxyl groups is 1. The molecule has 0 unspecified atom stereocenters. The molecule has 0 saturated carbocycles. The molecular weight excluding hydrogens is 356 g/mol. The Kier molecular flexibility index (Phi) is 4.59. The third-order valence-electron chi connectivity index (χ3n) is 3.70. The average Bonchev–Trinajstić information content (AvgIpc) is 2.85. The molecule has 1 aliphatic rings. The van der Waals surface area contributed by atoms with Crippen LogP contribution in [0.5, 0.6) is 0 Å². The fourth-order valence-corrected chi connectivity index (χ4v) is 2.56. The predicted molar refractivity (Wildman–Crippen MR) is 62.3 cm³/mol. The highest BCUT2D eigenvalue weighted by molar-refractivity contribution is 5.38. The summed E-state index contributed by atoms with van der Waals surface area (Å²) >= 11 is 0. The molecule has 24 heavy (non-hydrogen) atoms. The largest absolute Gasteiger partial charge is 0.435 e. The Morgan fingerprint density at radius 2 is 1.88 bits per heavy atom. The van der Waals surface area contributed by atoms with E-state index in [-0.39, 0.29) is 0 Å². The van der Waals surface area contributed by atoms with Crippen LogP contribution in [0.2, 0.25) is 0 Å². The van der Waals surface area contributed by atoms with Crippen LogP contribution in [0.3, 0.4) is 0 Å². The first-order chi connectivity index (χ1) is 10.8. The topological polar surface area (TPSA) is 47.3 Å². The molecule has 0 amide bonds. The minimum Gasteiger partial charge on any atom is -0.382 e. The number of aryl methyl sites for hydroxylation is 1. The van der Waals surface area contributed by atoms with Crippen LogP contribution in [-0.2, 0) is 23.9 Å². The smallest absolute Gasteiger partial charge is 0.382 e. The fourth-order valence-electron chi connectivity index (χ4n) is 2.56. The Labute approximate surface area is 130 Å². The zero-order valence-corrected chi connectivity index (χ0v) is 12.0. The van der Waals surface area contributed by atoms with Crippen molar-refractivity contribution in [1.82, 2.24) is 9.78 Å². The van der Waals surface area contributed by atoms with Crippen LogP contribution in [0.15, 0.2) is 0 Å². The van der Waals surface area contributed by atoms with Crippen molar-refractivity contribution < 1.29 is 45.0 Å². The molecule has 0 aromatic carbocycles. The van der Waals surface area contributed by atoms with E-state index in [9.17, 15) is 40.2 Å². The van der Waals surface area contributed by atoms with Crippen molar-refractivity contribution in [3.05, 3.63) is 17.0 Å². The minimum atomic E-state index is -5.12. The second kappa shape index (κ2) is 5.83. The maximum absolute atomic E-state index is 13.5. The van der Waals surface area contributed by atoms with Gasteiger partial charge in [-0.2, -0.15) is 31.4 Å². The van der Waals surface area contributed by atoms with Gasteiger partial charge in [-0.3, -0.25) is 4.68 Å². The summed E-state index contributed by atoms with van der Waals surface area (Å²) in [5, 5.41) is 12.5. The van der Waals surface area contributed by atoms with Crippen molar-refractivity contribution in [2.24, 2.45) is 0 Å². The number of methoxy groups -OCH3 is 1. The van der Waals surface area contributed by atoms with Gasteiger partial charge in [0.25, 0.3) is 5.92 Å². The highest BCUT2D eigenvalue weighted by Crippen LogP contribution is 2.48. The highest BCUT2D eigenvalue weighted by atomic mass is 19.4. The summed E-state index contributed by atoms with van der Waals surface area (Å²) in [6.07, 6.45) is -16.9. The van der Waals surface area contributed by atoms with Gasteiger partial charge < -0.3 is 9.84 Å². The van der Waals surface area contributed by atoms with Crippen molar-refractivity contribution in [2.75, 3.05) is 7.11 Å². The summed E-state index contributed by atoms with van der Waals surface area (Å²) in [5.74, 6) is -3.85. The molecule has 0 fully saturated rings. The molecule has 12 heteroatoms. The van der Waals surface area contributed by atoms with Crippen molar-refractivity contribution in [3.63, 3.8) is 0 Å². The predicted octanol–water partition coefficient (Wildman–Crippen LogP) is 3.09. The number of fused-ring (bicyclic) bond motifs is 1. The molecule has 0 radical (unpaired) electrons. The quantitative estimate of drug-likeness (QED) is 0.831. The van der Waals surface area contributed by atoms with E-state index in [1.807, 2.05) is 0 Å². The zero-order valence-electron chi connectivity index (χ0n) is 12.0. The van der Waals surface area contributed by atoms with Crippen LogP contribution in [0, 0.1) is 0 Å². The van der Waals surface area contributed by atoms with E-state index in [0.717, 1.165) is 7.11 Å². The molecule has 1 aliphatic carbocycles. The van der Waals surface area contributed by atoms with Crippen molar-refractivity contribution in [2.45, 2.75) is 49.9 Å². The molecular formula is C12H12F8N2O2. The van der Waals surface area contributed by atoms with Gasteiger partial charge in [0.1, 0.15) is 6.10 Å². The molecule has 1 N–H and O–H groups in total. The summed E-state index contributed by atoms with van der Waals surface area (Å²) < 4.78 is 108. The minimum absolute atomic E-state index is 0.431. The van der Waals surface area contributed by atoms with E-state index in [0.29, 0.717) is 4.68 Å². The number of aliphatic hydroxyl groups excluding tert-OH is 1. The second-order valence-corrected chi connectivity index (χ2v) is 5.32. The van der Waals surface area contributed by atoms with Crippen LogP contribution in [0.25, 0.3) is 0 Å². The molecule has 1 aromatic heterocycles. The number of hydrogen-bond acceptors (Lipinski definition) is 3. The number of hydrogen-bond donors (Lipinski definition) is 1. The first kappa shape index (κ1) is 18.9. The summed E-state index contributed by atoms with van der Waals surface area (Å²) in [5.41, 5.74) is -3.44. The van der Waals surface area contributed by atoms with Gasteiger partial charge in [-0.15, -0.1) is 0 Å². The molecule has 0 spiro atoms. The van der Waals surface area contributed by atoms with Crippen LogP contribution < -0.4 is 0 Å². The molecule has 1 heterocycles. The van der Waals surface area contributed by atoms with Crippen molar-refractivity contribution in [3.8, 4) is 0 Å². The summed E-state index contributed by atoms with van der Waals surface area (Å²) in [6, 6.07) is 0. The lowest BCUT2D eigenvalue weighted by atomic mass is 10.1. The number of ether oxygens (including phenoxy) is 1. The van der Waals surface area contributed by atoms with Gasteiger partial charge in [-0.05, 0) is 0 Å². The van der Waals surface area contributed by atoms with E-state index in [2.05, 4.69) is 9.84 Å². The number of alkyl halides is 8. The number of halogens is 8. The molecule has 138 valence electrons. The molecule has 2 rings (SSSR count). The van der Waals surface area contributed by atoms with Crippen LogP contribution in [0.1, 0.15) is 29.5 Å². The van der Waals surface area contributed by atoms with Gasteiger partial charge in [0.15, 0.2) is 11.8 Å². The highest BCUT2D eigenvalue weighted by Gasteiger charge is 2.54. The maximum Gasteiger partial charge on any atom is 0.435 e. The Bertz CT molecular complexity index is 607. The Balaban J connectivity index is 2.35. The fraction of sp³-hybridized carbons (Fsp3) is 0.750. The van der Waals surface area contributed by atoms with Crippen LogP contribution in [0.4, 0.5) is 35.1 Å². The van der Waals surface area contributed by atoms with Crippen LogP contribution in [-0.4, -0.2) is 40.2 Å². The summed E-state index contributed by atoms with van der Waals surface area (Å²) in [6.45, 7) is -0.723. The summed E-state index contributed by atoms with van der Waals surface area (Å²) in [4.78, 5) is 0. The first-order valence-electron chi connectivity index (χ1n) is 6.61. The summed E-state index contributed by atoms with van der Waals surface area (Å²) in [7, 11) is 0.769. The van der Waals surface area contributed by atoms with E-state index in [1.165, 1.54) is 0 Å². The third-order valence-corrected chi connectivity index (χ3v) is 3.70. The van der Waals surface area contributed by atoms with Crippen LogP contribution >= 0.6 is 0 Å². The van der Waals surface area contributed by atoms with Crippen molar-refractivity contribution >= 4 is 0 Å². The van der Waals surface area contributed by atoms with Gasteiger partial charge in [0, 0.05) is 25.6 Å². The SMILES string of the molecule is CO[C@H](CCn1nc(C(F)(F)F)c2c1CC(F)(F)[C@H]2O)C(F)(F)F. The van der Waals surface area contributed by atoms with Gasteiger partial charge >= 0.3 is 12.4 Å². The third kappa shape index (κ3) is 3.34. The van der Waals surface area contributed by atoms with Gasteiger partial charge in [-0.1, -0.05) is 0 Å². The monoisotopic (exact) mass is 368 g/mol. The molecule has 0 saturated heterocycles. The maximum atomic E-state index is 13.5. The van der Waals surface area contributed by atoms with E-state index in [4.69, 9.17) is 0 Å². The van der Waals surface area contributed by atoms with E-state index < -0.39 is 66.8 Å². The molecule has 4 nitrogen and oxygen atoms in total. The average molecular weight is 368 g/mol. The Morgan fingerprint density at radius 3 is 2.33 bits per heavy atom. The van der Waals surface area contributed by atoms with Gasteiger partial charge in [-0.25, -0.2) is 8.78 Å². The molecule has 1 aromatic rings. The molecule has 2 atom stereocenters. The van der Waals surface area contributed by atoms with Gasteiger partial charge in [0.05, 0.1) is 12.1 Å². The first-order valence-corrected chi connectivity index (χ1v) is 6.61. The number of aromatic nitrogens is 2. The normalized spacial score (nSPS) is 21.8. The Morgan fingerprint density at radius 1 is 1.29 bits per heavy atom.